The zero-order chi connectivity index (χ0) is 13.8. The molecule has 2 rings (SSSR count). The molecule has 2 aromatic rings. The molecule has 0 atom stereocenters. The number of hydrogen-bond donors (Lipinski definition) is 2. The Kier molecular flexibility index (Phi) is 4.02. The van der Waals surface area contributed by atoms with Gasteiger partial charge in [0.1, 0.15) is 0 Å². The van der Waals surface area contributed by atoms with Crippen LogP contribution >= 0.6 is 12.2 Å². The van der Waals surface area contributed by atoms with E-state index in [0.717, 1.165) is 16.8 Å². The van der Waals surface area contributed by atoms with Gasteiger partial charge in [-0.1, -0.05) is 30.3 Å². The van der Waals surface area contributed by atoms with Crippen molar-refractivity contribution in [2.45, 2.75) is 13.8 Å². The Bertz CT molecular complexity index is 591. The number of nitrogens with one attached hydrogen (secondary N) is 1. The van der Waals surface area contributed by atoms with Crippen molar-refractivity contribution in [1.29, 1.82) is 0 Å². The highest BCUT2D eigenvalue weighted by Crippen LogP contribution is 2.25. The van der Waals surface area contributed by atoms with E-state index in [-0.39, 0.29) is 10.9 Å². The fourth-order valence-corrected chi connectivity index (χ4v) is 1.97. The van der Waals surface area contributed by atoms with Crippen molar-refractivity contribution in [1.82, 2.24) is 0 Å². The van der Waals surface area contributed by atoms with Crippen LogP contribution in [0.5, 0.6) is 11.5 Å². The molecule has 0 amide bonds. The van der Waals surface area contributed by atoms with E-state index < -0.39 is 0 Å². The summed E-state index contributed by atoms with van der Waals surface area (Å²) in [6, 6.07) is 12.7. The number of aryl methyl sites for hydroxylation is 2. The molecular formula is C15H15NO2S. The summed E-state index contributed by atoms with van der Waals surface area (Å²) in [6.45, 7) is 4.00. The predicted molar refractivity (Wildman–Crippen MR) is 80.9 cm³/mol. The zero-order valence-electron chi connectivity index (χ0n) is 10.8. The van der Waals surface area contributed by atoms with Crippen molar-refractivity contribution in [3.63, 3.8) is 0 Å². The van der Waals surface area contributed by atoms with Gasteiger partial charge in [-0.3, -0.25) is 0 Å². The highest BCUT2D eigenvalue weighted by Gasteiger charge is 2.08. The summed E-state index contributed by atoms with van der Waals surface area (Å²) in [5, 5.41) is 12.9. The lowest BCUT2D eigenvalue weighted by atomic mass is 10.1. The lowest BCUT2D eigenvalue weighted by Crippen LogP contribution is -2.17. The van der Waals surface area contributed by atoms with Crippen LogP contribution in [0.15, 0.2) is 42.5 Å². The van der Waals surface area contributed by atoms with E-state index in [1.807, 2.05) is 32.0 Å². The second-order valence-corrected chi connectivity index (χ2v) is 4.62. The highest BCUT2D eigenvalue weighted by molar-refractivity contribution is 7.80. The number of para-hydroxylation sites is 3. The molecule has 0 saturated carbocycles. The first kappa shape index (κ1) is 13.4. The minimum atomic E-state index is 0.0631. The van der Waals surface area contributed by atoms with E-state index in [1.54, 1.807) is 24.3 Å². The number of thiocarbonyl (C=S) groups is 1. The van der Waals surface area contributed by atoms with Gasteiger partial charge in [-0.25, -0.2) is 0 Å². The van der Waals surface area contributed by atoms with E-state index in [9.17, 15) is 5.11 Å². The molecule has 0 spiro atoms. The van der Waals surface area contributed by atoms with Crippen LogP contribution in [-0.2, 0) is 0 Å². The number of anilines is 1. The van der Waals surface area contributed by atoms with Gasteiger partial charge in [0.15, 0.2) is 11.5 Å². The van der Waals surface area contributed by atoms with E-state index in [2.05, 4.69) is 5.32 Å². The van der Waals surface area contributed by atoms with Gasteiger partial charge >= 0.3 is 0 Å². The molecule has 0 unspecified atom stereocenters. The molecule has 0 aliphatic heterocycles. The molecule has 4 heteroatoms. The zero-order valence-corrected chi connectivity index (χ0v) is 11.6. The average molecular weight is 273 g/mol. The first-order valence-corrected chi connectivity index (χ1v) is 6.32. The van der Waals surface area contributed by atoms with Gasteiger partial charge in [-0.15, -0.1) is 0 Å². The number of phenolic OH excluding ortho intramolecular Hbond substituents is 1. The Morgan fingerprint density at radius 2 is 1.68 bits per heavy atom. The molecule has 0 aliphatic carbocycles. The quantitative estimate of drug-likeness (QED) is 0.817. The lowest BCUT2D eigenvalue weighted by molar-refractivity contribution is 0.437. The SMILES string of the molecule is Cc1cccc(C)c1NC(=S)Oc1ccccc1O. The largest absolute Gasteiger partial charge is 0.504 e. The molecule has 0 aliphatic rings. The van der Waals surface area contributed by atoms with Gasteiger partial charge in [0.2, 0.25) is 0 Å². The highest BCUT2D eigenvalue weighted by atomic mass is 32.1. The van der Waals surface area contributed by atoms with Crippen LogP contribution in [0.25, 0.3) is 0 Å². The molecule has 2 aromatic carbocycles. The Morgan fingerprint density at radius 3 is 2.32 bits per heavy atom. The fourth-order valence-electron chi connectivity index (χ4n) is 1.78. The van der Waals surface area contributed by atoms with Crippen LogP contribution < -0.4 is 10.1 Å². The summed E-state index contributed by atoms with van der Waals surface area (Å²) in [7, 11) is 0. The maximum absolute atomic E-state index is 9.62. The number of ether oxygens (including phenoxy) is 1. The summed E-state index contributed by atoms with van der Waals surface area (Å²) in [4.78, 5) is 0. The van der Waals surface area contributed by atoms with Crippen LogP contribution in [0.3, 0.4) is 0 Å². The molecule has 2 N–H and O–H groups in total. The maximum Gasteiger partial charge on any atom is 0.266 e. The molecule has 0 fully saturated rings. The first-order chi connectivity index (χ1) is 9.08. The van der Waals surface area contributed by atoms with Crippen molar-refractivity contribution in [3.05, 3.63) is 53.6 Å². The minimum Gasteiger partial charge on any atom is -0.504 e. The minimum absolute atomic E-state index is 0.0631. The molecule has 0 bridgehead atoms. The third kappa shape index (κ3) is 3.23. The number of benzene rings is 2. The number of hydrogen-bond acceptors (Lipinski definition) is 3. The molecular weight excluding hydrogens is 258 g/mol. The summed E-state index contributed by atoms with van der Waals surface area (Å²) in [6.07, 6.45) is 0. The molecule has 0 aromatic heterocycles. The first-order valence-electron chi connectivity index (χ1n) is 5.91. The second kappa shape index (κ2) is 5.71. The Labute approximate surface area is 117 Å². The summed E-state index contributed by atoms with van der Waals surface area (Å²) in [5.41, 5.74) is 3.11. The average Bonchev–Trinajstić information content (AvgIpc) is 2.37. The monoisotopic (exact) mass is 273 g/mol. The Morgan fingerprint density at radius 1 is 1.05 bits per heavy atom. The van der Waals surface area contributed by atoms with E-state index in [4.69, 9.17) is 17.0 Å². The number of aromatic hydroxyl groups is 1. The topological polar surface area (TPSA) is 41.5 Å². The van der Waals surface area contributed by atoms with Gasteiger partial charge in [-0.2, -0.15) is 0 Å². The number of rotatable bonds is 2. The molecule has 3 nitrogen and oxygen atoms in total. The second-order valence-electron chi connectivity index (χ2n) is 4.25. The number of phenols is 1. The van der Waals surface area contributed by atoms with Crippen molar-refractivity contribution < 1.29 is 9.84 Å². The van der Waals surface area contributed by atoms with E-state index in [1.165, 1.54) is 0 Å². The third-order valence-electron chi connectivity index (χ3n) is 2.78. The van der Waals surface area contributed by atoms with E-state index >= 15 is 0 Å². The maximum atomic E-state index is 9.62. The van der Waals surface area contributed by atoms with Gasteiger partial charge in [-0.05, 0) is 49.3 Å². The van der Waals surface area contributed by atoms with Crippen molar-refractivity contribution >= 4 is 23.1 Å². The predicted octanol–water partition coefficient (Wildman–Crippen LogP) is 3.78. The smallest absolute Gasteiger partial charge is 0.266 e. The van der Waals surface area contributed by atoms with Crippen LogP contribution in [0, 0.1) is 13.8 Å². The summed E-state index contributed by atoms with van der Waals surface area (Å²) >= 11 is 5.15. The normalized spacial score (nSPS) is 10.0. The Hall–Kier alpha value is -2.07. The summed E-state index contributed by atoms with van der Waals surface area (Å²) in [5.74, 6) is 0.402. The van der Waals surface area contributed by atoms with Crippen molar-refractivity contribution in [2.75, 3.05) is 5.32 Å². The van der Waals surface area contributed by atoms with Gasteiger partial charge in [0, 0.05) is 5.69 Å². The fraction of sp³-hybridized carbons (Fsp3) is 0.133. The standard InChI is InChI=1S/C15H15NO2S/c1-10-6-5-7-11(2)14(10)16-15(19)18-13-9-4-3-8-12(13)17/h3-9,17H,1-2H3,(H,16,19). The molecule has 0 heterocycles. The van der Waals surface area contributed by atoms with E-state index in [0.29, 0.717) is 5.75 Å². The van der Waals surface area contributed by atoms with Crippen LogP contribution in [-0.4, -0.2) is 10.3 Å². The molecule has 19 heavy (non-hydrogen) atoms. The van der Waals surface area contributed by atoms with Crippen LogP contribution in [0.1, 0.15) is 11.1 Å². The lowest BCUT2D eigenvalue weighted by Gasteiger charge is -2.14. The molecule has 0 radical (unpaired) electrons. The van der Waals surface area contributed by atoms with Gasteiger partial charge in [0.25, 0.3) is 5.17 Å². The summed E-state index contributed by atoms with van der Waals surface area (Å²) < 4.78 is 5.43. The molecule has 0 saturated heterocycles. The van der Waals surface area contributed by atoms with Gasteiger partial charge in [0.05, 0.1) is 0 Å². The van der Waals surface area contributed by atoms with Crippen molar-refractivity contribution in [3.8, 4) is 11.5 Å². The third-order valence-corrected chi connectivity index (χ3v) is 2.96. The van der Waals surface area contributed by atoms with Crippen molar-refractivity contribution in [2.24, 2.45) is 0 Å². The van der Waals surface area contributed by atoms with Gasteiger partial charge < -0.3 is 15.2 Å². The Balaban J connectivity index is 2.12. The van der Waals surface area contributed by atoms with Crippen LogP contribution in [0.2, 0.25) is 0 Å². The van der Waals surface area contributed by atoms with Crippen LogP contribution in [0.4, 0.5) is 5.69 Å². The molecule has 98 valence electrons.